The standard InChI is InChI=1S/C81H50N2O2/c1-3-17-59(18-4-1)82(75-29-15-25-67-65-23-9-13-31-77(65)84-79(67)75)61-41-37-51(38-42-61)53-33-35-55-47-69-70-48-56-36-34-54(46-58(56)50-74(70)81(73(69)49-57(55)45-53)71-27-11-7-21-63(71)64-22-8-12-28-72(64)81)52-39-43-62(44-40-52)83(60-19-5-2-6-20-60)76-30-16-26-68-66-24-10-14-32-78(66)85-80(68)76/h1-50H. The maximum atomic E-state index is 6.61. The lowest BCUT2D eigenvalue weighted by atomic mass is 9.70. The molecule has 16 aromatic rings. The number of nitrogens with zero attached hydrogens (tertiary/aromatic N) is 2. The topological polar surface area (TPSA) is 32.8 Å². The molecule has 0 radical (unpaired) electrons. The number of hydrogen-bond acceptors (Lipinski definition) is 4. The van der Waals surface area contributed by atoms with Crippen LogP contribution in [0.2, 0.25) is 0 Å². The van der Waals surface area contributed by atoms with Gasteiger partial charge in [-0.1, -0.05) is 194 Å². The number of rotatable bonds is 8. The van der Waals surface area contributed by atoms with Gasteiger partial charge in [0.05, 0.1) is 16.8 Å². The summed E-state index contributed by atoms with van der Waals surface area (Å²) in [6.07, 6.45) is 0. The Bertz CT molecular complexity index is 5030. The van der Waals surface area contributed by atoms with E-state index in [0.29, 0.717) is 0 Å². The van der Waals surface area contributed by atoms with Gasteiger partial charge in [0.1, 0.15) is 11.2 Å². The zero-order valence-electron chi connectivity index (χ0n) is 46.1. The number of anilines is 6. The van der Waals surface area contributed by atoms with E-state index < -0.39 is 5.41 Å². The monoisotopic (exact) mass is 1080 g/mol. The van der Waals surface area contributed by atoms with Crippen LogP contribution in [0, 0.1) is 0 Å². The van der Waals surface area contributed by atoms with Gasteiger partial charge in [-0.15, -0.1) is 0 Å². The minimum absolute atomic E-state index is 0.525. The van der Waals surface area contributed by atoms with Gasteiger partial charge in [-0.25, -0.2) is 0 Å². The molecule has 0 bridgehead atoms. The SMILES string of the molecule is c1ccc(N(c2ccc(-c3ccc4cc5c(cc4c3)C3(c4ccccc4-c4ccccc43)c3cc4cc(-c6ccc(N(c7ccccc7)c7cccc8c7oc7ccccc78)cc6)ccc4cc3-5)cc2)c2cccc3c2oc2ccccc23)cc1. The van der Waals surface area contributed by atoms with E-state index in [1.807, 2.05) is 24.3 Å². The molecule has 4 nitrogen and oxygen atoms in total. The van der Waals surface area contributed by atoms with Crippen LogP contribution in [0.1, 0.15) is 22.3 Å². The summed E-state index contributed by atoms with van der Waals surface area (Å²) in [4.78, 5) is 4.61. The lowest BCUT2D eigenvalue weighted by Crippen LogP contribution is -2.25. The van der Waals surface area contributed by atoms with Gasteiger partial charge in [0.15, 0.2) is 11.2 Å². The molecule has 18 rings (SSSR count). The molecule has 0 aliphatic heterocycles. The van der Waals surface area contributed by atoms with Gasteiger partial charge in [0.25, 0.3) is 0 Å². The van der Waals surface area contributed by atoms with E-state index in [1.165, 1.54) is 77.2 Å². The Hall–Kier alpha value is -11.2. The van der Waals surface area contributed by atoms with Gasteiger partial charge in [0.2, 0.25) is 0 Å². The highest BCUT2D eigenvalue weighted by Crippen LogP contribution is 2.64. The van der Waals surface area contributed by atoms with Crippen molar-refractivity contribution in [2.24, 2.45) is 0 Å². The van der Waals surface area contributed by atoms with Gasteiger partial charge < -0.3 is 18.6 Å². The molecular weight excluding hydrogens is 1030 g/mol. The molecule has 0 unspecified atom stereocenters. The first-order valence-corrected chi connectivity index (χ1v) is 29.2. The molecule has 1 spiro atoms. The number of benzene rings is 14. The number of para-hydroxylation sites is 6. The normalized spacial score (nSPS) is 12.8. The van der Waals surface area contributed by atoms with Crippen LogP contribution in [-0.4, -0.2) is 0 Å². The Morgan fingerprint density at radius 1 is 0.235 bits per heavy atom. The van der Waals surface area contributed by atoms with Crippen LogP contribution in [0.15, 0.2) is 312 Å². The number of furan rings is 2. The third-order valence-electron chi connectivity index (χ3n) is 18.2. The highest BCUT2D eigenvalue weighted by molar-refractivity contribution is 6.12. The van der Waals surface area contributed by atoms with Crippen molar-refractivity contribution in [2.45, 2.75) is 5.41 Å². The lowest BCUT2D eigenvalue weighted by molar-refractivity contribution is 0.668. The van der Waals surface area contributed by atoms with Gasteiger partial charge in [-0.2, -0.15) is 0 Å². The second-order valence-corrected chi connectivity index (χ2v) is 22.7. The second kappa shape index (κ2) is 18.4. The van der Waals surface area contributed by atoms with E-state index in [2.05, 4.69) is 289 Å². The summed E-state index contributed by atoms with van der Waals surface area (Å²) in [5.41, 5.74) is 24.3. The summed E-state index contributed by atoms with van der Waals surface area (Å²) in [6.45, 7) is 0. The molecule has 0 fully saturated rings. The predicted molar refractivity (Wildman–Crippen MR) is 353 cm³/mol. The van der Waals surface area contributed by atoms with Crippen LogP contribution in [-0.2, 0) is 5.41 Å². The van der Waals surface area contributed by atoms with E-state index >= 15 is 0 Å². The van der Waals surface area contributed by atoms with Crippen molar-refractivity contribution < 1.29 is 8.83 Å². The van der Waals surface area contributed by atoms with E-state index in [0.717, 1.165) is 89.1 Å². The highest BCUT2D eigenvalue weighted by atomic mass is 16.3. The molecule has 2 aliphatic carbocycles. The molecular formula is C81H50N2O2. The third kappa shape index (κ3) is 7.09. The Kier molecular flexibility index (Phi) is 10.3. The van der Waals surface area contributed by atoms with Crippen LogP contribution in [0.5, 0.6) is 0 Å². The first kappa shape index (κ1) is 47.4. The van der Waals surface area contributed by atoms with Crippen LogP contribution in [0.4, 0.5) is 34.1 Å². The largest absolute Gasteiger partial charge is 0.454 e. The van der Waals surface area contributed by atoms with E-state index in [-0.39, 0.29) is 0 Å². The molecule has 2 heterocycles. The fraction of sp³-hybridized carbons (Fsp3) is 0.0123. The molecule has 0 atom stereocenters. The number of hydrogen-bond donors (Lipinski definition) is 0. The Morgan fingerprint density at radius 2 is 0.612 bits per heavy atom. The summed E-state index contributed by atoms with van der Waals surface area (Å²) < 4.78 is 13.2. The lowest BCUT2D eigenvalue weighted by Gasteiger charge is -2.31. The van der Waals surface area contributed by atoms with E-state index in [4.69, 9.17) is 8.83 Å². The first-order chi connectivity index (χ1) is 42.1. The molecule has 4 heteroatoms. The van der Waals surface area contributed by atoms with Gasteiger partial charge >= 0.3 is 0 Å². The first-order valence-electron chi connectivity index (χ1n) is 29.2. The van der Waals surface area contributed by atoms with Crippen molar-refractivity contribution in [3.8, 4) is 44.5 Å². The Balaban J connectivity index is 0.739. The summed E-state index contributed by atoms with van der Waals surface area (Å²) >= 11 is 0. The second-order valence-electron chi connectivity index (χ2n) is 22.7. The maximum absolute atomic E-state index is 6.61. The van der Waals surface area contributed by atoms with Crippen molar-refractivity contribution in [1.29, 1.82) is 0 Å². The molecule has 2 aromatic heterocycles. The van der Waals surface area contributed by atoms with E-state index in [1.54, 1.807) is 0 Å². The number of fused-ring (bicyclic) bond motifs is 18. The van der Waals surface area contributed by atoms with Crippen LogP contribution in [0.3, 0.4) is 0 Å². The smallest absolute Gasteiger partial charge is 0.159 e. The van der Waals surface area contributed by atoms with Crippen molar-refractivity contribution >= 4 is 99.5 Å². The zero-order chi connectivity index (χ0) is 55.7. The minimum atomic E-state index is -0.525. The summed E-state index contributed by atoms with van der Waals surface area (Å²) in [7, 11) is 0. The molecule has 14 aromatic carbocycles. The van der Waals surface area contributed by atoms with Crippen molar-refractivity contribution in [3.05, 3.63) is 326 Å². The molecule has 0 saturated carbocycles. The fourth-order valence-electron chi connectivity index (χ4n) is 14.4. The summed E-state index contributed by atoms with van der Waals surface area (Å²) in [5.74, 6) is 0. The van der Waals surface area contributed by atoms with Crippen molar-refractivity contribution in [3.63, 3.8) is 0 Å². The van der Waals surface area contributed by atoms with E-state index in [9.17, 15) is 0 Å². The van der Waals surface area contributed by atoms with Crippen LogP contribution < -0.4 is 9.80 Å². The minimum Gasteiger partial charge on any atom is -0.454 e. The molecule has 85 heavy (non-hydrogen) atoms. The van der Waals surface area contributed by atoms with Crippen molar-refractivity contribution in [2.75, 3.05) is 9.80 Å². The molecule has 0 N–H and O–H groups in total. The maximum Gasteiger partial charge on any atom is 0.159 e. The fourth-order valence-corrected chi connectivity index (χ4v) is 14.4. The average molecular weight is 1080 g/mol. The molecule has 396 valence electrons. The van der Waals surface area contributed by atoms with Crippen LogP contribution >= 0.6 is 0 Å². The third-order valence-corrected chi connectivity index (χ3v) is 18.2. The summed E-state index contributed by atoms with van der Waals surface area (Å²) in [5, 5.41) is 9.30. The highest BCUT2D eigenvalue weighted by Gasteiger charge is 2.52. The van der Waals surface area contributed by atoms with Gasteiger partial charge in [-0.3, -0.25) is 0 Å². The Morgan fingerprint density at radius 3 is 1.07 bits per heavy atom. The molecule has 0 amide bonds. The molecule has 0 saturated heterocycles. The quantitative estimate of drug-likeness (QED) is 0.152. The van der Waals surface area contributed by atoms with Gasteiger partial charge in [0, 0.05) is 44.3 Å². The summed E-state index contributed by atoms with van der Waals surface area (Å²) in [6, 6.07) is 111. The Labute approximate surface area is 490 Å². The average Bonchev–Trinajstić information content (AvgIpc) is 1.71. The zero-order valence-corrected chi connectivity index (χ0v) is 46.1. The predicted octanol–water partition coefficient (Wildman–Crippen LogP) is 22.4. The molecule has 2 aliphatic rings. The van der Waals surface area contributed by atoms with Crippen molar-refractivity contribution in [1.82, 2.24) is 0 Å². The van der Waals surface area contributed by atoms with Gasteiger partial charge in [-0.05, 0) is 198 Å². The van der Waals surface area contributed by atoms with Crippen LogP contribution in [0.25, 0.3) is 110 Å².